The molecule has 0 aliphatic rings. The van der Waals surface area contributed by atoms with Crippen LogP contribution in [0.25, 0.3) is 10.9 Å². The van der Waals surface area contributed by atoms with E-state index < -0.39 is 20.3 Å². The van der Waals surface area contributed by atoms with Crippen molar-refractivity contribution in [3.8, 4) is 0 Å². The molecule has 10 heteroatoms. The molecular formula is C15H14ClN3O4S2. The molecule has 2 aromatic heterocycles. The smallest absolute Gasteiger partial charge is 0.288 e. The van der Waals surface area contributed by atoms with E-state index >= 15 is 0 Å². The molecule has 0 saturated heterocycles. The predicted molar refractivity (Wildman–Crippen MR) is 97.2 cm³/mol. The normalized spacial score (nSPS) is 12.0. The maximum Gasteiger partial charge on any atom is 0.331 e. The summed E-state index contributed by atoms with van der Waals surface area (Å²) in [5.41, 5.74) is 0.110. The minimum absolute atomic E-state index is 0.114. The Hall–Kier alpha value is -1.97. The first-order chi connectivity index (χ1) is 11.6. The highest BCUT2D eigenvalue weighted by Crippen LogP contribution is 2.22. The van der Waals surface area contributed by atoms with Crippen molar-refractivity contribution < 1.29 is 8.42 Å². The number of hydrogen-bond acceptors (Lipinski definition) is 6. The monoisotopic (exact) mass is 399 g/mol. The van der Waals surface area contributed by atoms with Crippen LogP contribution in [-0.2, 0) is 22.6 Å². The van der Waals surface area contributed by atoms with Gasteiger partial charge in [0.1, 0.15) is 0 Å². The summed E-state index contributed by atoms with van der Waals surface area (Å²) in [6.07, 6.45) is 0. The maximum atomic E-state index is 12.6. The van der Waals surface area contributed by atoms with Crippen molar-refractivity contribution in [2.45, 2.75) is 25.3 Å². The Bertz CT molecular complexity index is 1220. The highest BCUT2D eigenvalue weighted by atomic mass is 35.7. The molecule has 0 N–H and O–H groups in total. The zero-order chi connectivity index (χ0) is 18.5. The lowest BCUT2D eigenvalue weighted by Crippen LogP contribution is -2.38. The van der Waals surface area contributed by atoms with Gasteiger partial charge in [-0.3, -0.25) is 13.9 Å². The Morgan fingerprint density at radius 1 is 1.24 bits per heavy atom. The second kappa shape index (κ2) is 6.08. The molecule has 132 valence electrons. The van der Waals surface area contributed by atoms with Crippen LogP contribution in [0.3, 0.4) is 0 Å². The van der Waals surface area contributed by atoms with Gasteiger partial charge in [-0.1, -0.05) is 0 Å². The van der Waals surface area contributed by atoms with E-state index in [1.54, 1.807) is 0 Å². The highest BCUT2D eigenvalue weighted by molar-refractivity contribution is 8.13. The molecule has 0 fully saturated rings. The molecule has 2 heterocycles. The molecule has 0 amide bonds. The number of benzene rings is 1. The largest absolute Gasteiger partial charge is 0.331 e. The molecule has 0 radical (unpaired) electrons. The maximum absolute atomic E-state index is 12.6. The van der Waals surface area contributed by atoms with Crippen LogP contribution < -0.4 is 11.2 Å². The summed E-state index contributed by atoms with van der Waals surface area (Å²) in [6, 6.07) is 3.90. The first-order valence-corrected chi connectivity index (χ1v) is 10.3. The molecule has 0 aliphatic carbocycles. The molecule has 0 bridgehead atoms. The summed E-state index contributed by atoms with van der Waals surface area (Å²) in [4.78, 5) is 30.0. The Kier molecular flexibility index (Phi) is 4.34. The van der Waals surface area contributed by atoms with E-state index in [1.807, 2.05) is 13.8 Å². The molecule has 0 saturated carbocycles. The number of nitrogens with zero attached hydrogens (tertiary/aromatic N) is 3. The van der Waals surface area contributed by atoms with Gasteiger partial charge in [-0.15, -0.1) is 11.3 Å². The van der Waals surface area contributed by atoms with Crippen LogP contribution in [0.4, 0.5) is 0 Å². The van der Waals surface area contributed by atoms with Crippen LogP contribution in [0.2, 0.25) is 0 Å². The van der Waals surface area contributed by atoms with Gasteiger partial charge in [0.15, 0.2) is 0 Å². The number of hydrogen-bond donors (Lipinski definition) is 0. The third kappa shape index (κ3) is 3.14. The van der Waals surface area contributed by atoms with Crippen LogP contribution in [0, 0.1) is 13.8 Å². The lowest BCUT2D eigenvalue weighted by molar-refractivity contribution is 0.609. The summed E-state index contributed by atoms with van der Waals surface area (Å²) in [6.45, 7) is 3.97. The van der Waals surface area contributed by atoms with E-state index in [0.29, 0.717) is 5.52 Å². The molecule has 0 aliphatic heterocycles. The van der Waals surface area contributed by atoms with Crippen molar-refractivity contribution in [2.24, 2.45) is 7.05 Å². The van der Waals surface area contributed by atoms with Crippen molar-refractivity contribution >= 4 is 42.0 Å². The molecule has 3 aromatic rings. The van der Waals surface area contributed by atoms with Gasteiger partial charge in [0, 0.05) is 22.6 Å². The van der Waals surface area contributed by atoms with Gasteiger partial charge < -0.3 is 0 Å². The van der Waals surface area contributed by atoms with Crippen molar-refractivity contribution in [1.29, 1.82) is 0 Å². The number of rotatable bonds is 3. The number of aromatic nitrogens is 3. The van der Waals surface area contributed by atoms with Crippen molar-refractivity contribution in [3.05, 3.63) is 54.6 Å². The third-order valence-corrected chi connectivity index (χ3v) is 6.30. The zero-order valence-corrected chi connectivity index (χ0v) is 16.0. The van der Waals surface area contributed by atoms with E-state index in [-0.39, 0.29) is 16.8 Å². The van der Waals surface area contributed by atoms with Gasteiger partial charge in [-0.25, -0.2) is 18.2 Å². The molecular weight excluding hydrogens is 386 g/mol. The van der Waals surface area contributed by atoms with E-state index in [4.69, 9.17) is 10.7 Å². The lowest BCUT2D eigenvalue weighted by atomic mass is 10.2. The second-order valence-electron chi connectivity index (χ2n) is 5.59. The van der Waals surface area contributed by atoms with Crippen LogP contribution in [-0.4, -0.2) is 22.5 Å². The molecule has 1 aromatic carbocycles. The number of aryl methyl sites for hydroxylation is 2. The summed E-state index contributed by atoms with van der Waals surface area (Å²) in [7, 11) is 2.74. The second-order valence-corrected chi connectivity index (χ2v) is 9.44. The van der Waals surface area contributed by atoms with Gasteiger partial charge in [-0.05, 0) is 32.0 Å². The molecule has 3 rings (SSSR count). The minimum atomic E-state index is -3.98. The van der Waals surface area contributed by atoms with E-state index in [9.17, 15) is 18.0 Å². The average Bonchev–Trinajstić information content (AvgIpc) is 2.85. The Morgan fingerprint density at radius 2 is 1.92 bits per heavy atom. The fourth-order valence-corrected chi connectivity index (χ4v) is 4.35. The van der Waals surface area contributed by atoms with Crippen LogP contribution in [0.1, 0.15) is 15.6 Å². The minimum Gasteiger partial charge on any atom is -0.288 e. The van der Waals surface area contributed by atoms with Crippen LogP contribution >= 0.6 is 22.0 Å². The fourth-order valence-electron chi connectivity index (χ4n) is 2.64. The van der Waals surface area contributed by atoms with Gasteiger partial charge in [-0.2, -0.15) is 0 Å². The number of halogens is 1. The first kappa shape index (κ1) is 17.8. The van der Waals surface area contributed by atoms with Crippen molar-refractivity contribution in [2.75, 3.05) is 0 Å². The van der Waals surface area contributed by atoms with Crippen LogP contribution in [0.15, 0.2) is 32.7 Å². The van der Waals surface area contributed by atoms with Gasteiger partial charge in [0.05, 0.1) is 33.0 Å². The summed E-state index contributed by atoms with van der Waals surface area (Å²) in [5.74, 6) is 0. The molecule has 0 unspecified atom stereocenters. The molecule has 0 atom stereocenters. The predicted octanol–water partition coefficient (Wildman–Crippen LogP) is 1.75. The van der Waals surface area contributed by atoms with Crippen molar-refractivity contribution in [3.63, 3.8) is 0 Å². The Morgan fingerprint density at radius 3 is 2.48 bits per heavy atom. The Labute approximate surface area is 151 Å². The SMILES string of the molecule is Cc1nc(C)c(Cn2c(=O)n(C)c(=O)c3cc(S(=O)(=O)Cl)ccc32)s1. The van der Waals surface area contributed by atoms with Crippen LogP contribution in [0.5, 0.6) is 0 Å². The van der Waals surface area contributed by atoms with Gasteiger partial charge in [0.2, 0.25) is 0 Å². The summed E-state index contributed by atoms with van der Waals surface area (Å²) >= 11 is 1.47. The third-order valence-electron chi connectivity index (χ3n) is 3.89. The fraction of sp³-hybridized carbons (Fsp3) is 0.267. The molecule has 25 heavy (non-hydrogen) atoms. The van der Waals surface area contributed by atoms with E-state index in [2.05, 4.69) is 4.98 Å². The number of fused-ring (bicyclic) bond motifs is 1. The first-order valence-electron chi connectivity index (χ1n) is 7.20. The molecule has 7 nitrogen and oxygen atoms in total. The quantitative estimate of drug-likeness (QED) is 0.626. The van der Waals surface area contributed by atoms with E-state index in [1.165, 1.54) is 41.2 Å². The zero-order valence-electron chi connectivity index (χ0n) is 13.6. The standard InChI is InChI=1S/C15H14ClN3O4S2/c1-8-13(24-9(2)17-8)7-19-12-5-4-10(25(16,22)23)6-11(12)14(20)18(3)15(19)21/h4-6H,7H2,1-3H3. The summed E-state index contributed by atoms with van der Waals surface area (Å²) < 4.78 is 25.5. The average molecular weight is 400 g/mol. The Balaban J connectivity index is 2.33. The topological polar surface area (TPSA) is 91.0 Å². The van der Waals surface area contributed by atoms with Crippen molar-refractivity contribution in [1.82, 2.24) is 14.1 Å². The van der Waals surface area contributed by atoms with Gasteiger partial charge in [0.25, 0.3) is 14.6 Å². The summed E-state index contributed by atoms with van der Waals surface area (Å²) in [5, 5.41) is 0.993. The van der Waals surface area contributed by atoms with E-state index in [0.717, 1.165) is 20.1 Å². The molecule has 0 spiro atoms. The lowest BCUT2D eigenvalue weighted by Gasteiger charge is -2.12. The number of thiazole rings is 1. The highest BCUT2D eigenvalue weighted by Gasteiger charge is 2.17. The van der Waals surface area contributed by atoms with Gasteiger partial charge >= 0.3 is 5.69 Å².